The topological polar surface area (TPSA) is 18.5 Å². The van der Waals surface area contributed by atoms with Crippen LogP contribution in [0.15, 0.2) is 0 Å². The minimum absolute atomic E-state index is 0.804. The van der Waals surface area contributed by atoms with Gasteiger partial charge >= 0.3 is 0 Å². The van der Waals surface area contributed by atoms with Gasteiger partial charge in [-0.15, -0.1) is 0 Å². The van der Waals surface area contributed by atoms with Gasteiger partial charge in [0.15, 0.2) is 0 Å². The maximum atomic E-state index is 3.38. The Morgan fingerprint density at radius 3 is 2.65 bits per heavy atom. The summed E-state index contributed by atoms with van der Waals surface area (Å²) in [5.41, 5.74) is 0. The van der Waals surface area contributed by atoms with E-state index in [2.05, 4.69) is 22.2 Å². The molecule has 2 saturated heterocycles. The Kier molecular flexibility index (Phi) is 3.69. The minimum Gasteiger partial charge on any atom is -0.318 e. The molecule has 0 spiro atoms. The third kappa shape index (κ3) is 2.67. The fraction of sp³-hybridized carbons (Fsp3) is 1.00. The summed E-state index contributed by atoms with van der Waals surface area (Å²) < 4.78 is 0. The number of likely N-dealkylation sites (N-methyl/N-ethyl adjacent to an activating group) is 1. The van der Waals surface area contributed by atoms with Crippen molar-refractivity contribution in [2.75, 3.05) is 33.2 Å². The van der Waals surface area contributed by atoms with Crippen molar-refractivity contribution in [2.45, 2.75) is 56.7 Å². The standard InChI is InChI=1S/C14H27N3/c1-15-10-13-4-2-3-8-17(13)14-7-9-16(11-14)12-5-6-12/h12-15H,2-11H2,1H3. The summed E-state index contributed by atoms with van der Waals surface area (Å²) in [6.07, 6.45) is 8.60. The van der Waals surface area contributed by atoms with Crippen LogP contribution in [0, 0.1) is 0 Å². The van der Waals surface area contributed by atoms with E-state index >= 15 is 0 Å². The summed E-state index contributed by atoms with van der Waals surface area (Å²) in [5.74, 6) is 0. The van der Waals surface area contributed by atoms with Gasteiger partial charge in [0.1, 0.15) is 0 Å². The highest BCUT2D eigenvalue weighted by atomic mass is 15.3. The minimum atomic E-state index is 0.804. The van der Waals surface area contributed by atoms with Gasteiger partial charge in [-0.3, -0.25) is 9.80 Å². The van der Waals surface area contributed by atoms with Crippen LogP contribution in [-0.2, 0) is 0 Å². The third-order valence-electron chi connectivity index (χ3n) is 4.84. The van der Waals surface area contributed by atoms with Crippen molar-refractivity contribution in [1.82, 2.24) is 15.1 Å². The summed E-state index contributed by atoms with van der Waals surface area (Å²) in [5, 5.41) is 3.38. The Morgan fingerprint density at radius 1 is 1.00 bits per heavy atom. The average molecular weight is 237 g/mol. The molecule has 3 nitrogen and oxygen atoms in total. The van der Waals surface area contributed by atoms with E-state index in [9.17, 15) is 0 Å². The zero-order chi connectivity index (χ0) is 11.7. The van der Waals surface area contributed by atoms with Gasteiger partial charge in [-0.25, -0.2) is 0 Å². The predicted octanol–water partition coefficient (Wildman–Crippen LogP) is 1.30. The van der Waals surface area contributed by atoms with E-state index in [-0.39, 0.29) is 0 Å². The van der Waals surface area contributed by atoms with Gasteiger partial charge in [-0.05, 0) is 45.7 Å². The molecule has 3 heteroatoms. The average Bonchev–Trinajstić information content (AvgIpc) is 3.09. The molecule has 3 fully saturated rings. The molecule has 1 aliphatic carbocycles. The van der Waals surface area contributed by atoms with Crippen LogP contribution < -0.4 is 5.32 Å². The van der Waals surface area contributed by atoms with Crippen molar-refractivity contribution in [1.29, 1.82) is 0 Å². The maximum Gasteiger partial charge on any atom is 0.0238 e. The van der Waals surface area contributed by atoms with Crippen LogP contribution in [0.3, 0.4) is 0 Å². The van der Waals surface area contributed by atoms with Crippen molar-refractivity contribution in [3.8, 4) is 0 Å². The summed E-state index contributed by atoms with van der Waals surface area (Å²) in [7, 11) is 2.10. The first-order chi connectivity index (χ1) is 8.38. The summed E-state index contributed by atoms with van der Waals surface area (Å²) in [4.78, 5) is 5.57. The van der Waals surface area contributed by atoms with E-state index in [1.807, 2.05) is 0 Å². The molecule has 17 heavy (non-hydrogen) atoms. The van der Waals surface area contributed by atoms with E-state index in [1.54, 1.807) is 0 Å². The first-order valence-corrected chi connectivity index (χ1v) is 7.53. The highest BCUT2D eigenvalue weighted by Gasteiger charge is 2.38. The molecule has 0 aromatic rings. The molecule has 0 aromatic heterocycles. The molecule has 0 bridgehead atoms. The molecular weight excluding hydrogens is 210 g/mol. The SMILES string of the molecule is CNCC1CCCCN1C1CCN(C2CC2)C1. The van der Waals surface area contributed by atoms with Gasteiger partial charge in [-0.1, -0.05) is 6.42 Å². The van der Waals surface area contributed by atoms with Crippen molar-refractivity contribution >= 4 is 0 Å². The fourth-order valence-electron chi connectivity index (χ4n) is 3.77. The molecule has 1 saturated carbocycles. The lowest BCUT2D eigenvalue weighted by Crippen LogP contribution is -2.51. The van der Waals surface area contributed by atoms with Crippen LogP contribution in [-0.4, -0.2) is 61.2 Å². The van der Waals surface area contributed by atoms with Gasteiger partial charge < -0.3 is 5.32 Å². The molecular formula is C14H27N3. The molecule has 98 valence electrons. The van der Waals surface area contributed by atoms with E-state index in [0.717, 1.165) is 18.1 Å². The van der Waals surface area contributed by atoms with Crippen molar-refractivity contribution in [2.24, 2.45) is 0 Å². The van der Waals surface area contributed by atoms with E-state index < -0.39 is 0 Å². The molecule has 0 radical (unpaired) electrons. The molecule has 0 amide bonds. The first kappa shape index (κ1) is 11.9. The zero-order valence-corrected chi connectivity index (χ0v) is 11.2. The lowest BCUT2D eigenvalue weighted by atomic mass is 9.99. The number of hydrogen-bond acceptors (Lipinski definition) is 3. The number of likely N-dealkylation sites (tertiary alicyclic amines) is 2. The van der Waals surface area contributed by atoms with Gasteiger partial charge in [0.25, 0.3) is 0 Å². The summed E-state index contributed by atoms with van der Waals surface area (Å²) in [6, 6.07) is 2.62. The Bertz CT molecular complexity index is 250. The monoisotopic (exact) mass is 237 g/mol. The maximum absolute atomic E-state index is 3.38. The quantitative estimate of drug-likeness (QED) is 0.795. The molecule has 2 heterocycles. The Hall–Kier alpha value is -0.120. The van der Waals surface area contributed by atoms with Crippen LogP contribution in [0.25, 0.3) is 0 Å². The van der Waals surface area contributed by atoms with Crippen LogP contribution >= 0.6 is 0 Å². The van der Waals surface area contributed by atoms with Gasteiger partial charge in [0.2, 0.25) is 0 Å². The smallest absolute Gasteiger partial charge is 0.0238 e. The van der Waals surface area contributed by atoms with E-state index in [4.69, 9.17) is 0 Å². The van der Waals surface area contributed by atoms with Crippen molar-refractivity contribution in [3.63, 3.8) is 0 Å². The fourth-order valence-corrected chi connectivity index (χ4v) is 3.77. The second-order valence-corrected chi connectivity index (χ2v) is 6.11. The predicted molar refractivity (Wildman–Crippen MR) is 71.3 cm³/mol. The second-order valence-electron chi connectivity index (χ2n) is 6.11. The summed E-state index contributed by atoms with van der Waals surface area (Å²) in [6.45, 7) is 5.23. The Labute approximate surface area is 106 Å². The van der Waals surface area contributed by atoms with E-state index in [1.165, 1.54) is 64.7 Å². The first-order valence-electron chi connectivity index (χ1n) is 7.53. The Morgan fingerprint density at radius 2 is 1.88 bits per heavy atom. The third-order valence-corrected chi connectivity index (χ3v) is 4.84. The van der Waals surface area contributed by atoms with E-state index in [0.29, 0.717) is 0 Å². The summed E-state index contributed by atoms with van der Waals surface area (Å²) >= 11 is 0. The van der Waals surface area contributed by atoms with Crippen LogP contribution in [0.5, 0.6) is 0 Å². The number of nitrogens with one attached hydrogen (secondary N) is 1. The molecule has 2 atom stereocenters. The highest BCUT2D eigenvalue weighted by Crippen LogP contribution is 2.32. The molecule has 0 aromatic carbocycles. The number of nitrogens with zero attached hydrogens (tertiary/aromatic N) is 2. The highest BCUT2D eigenvalue weighted by molar-refractivity contribution is 4.95. The largest absolute Gasteiger partial charge is 0.318 e. The van der Waals surface area contributed by atoms with Gasteiger partial charge in [0, 0.05) is 37.8 Å². The van der Waals surface area contributed by atoms with Gasteiger partial charge in [-0.2, -0.15) is 0 Å². The van der Waals surface area contributed by atoms with Crippen LogP contribution in [0.4, 0.5) is 0 Å². The van der Waals surface area contributed by atoms with Crippen molar-refractivity contribution in [3.05, 3.63) is 0 Å². The number of piperidine rings is 1. The molecule has 1 N–H and O–H groups in total. The molecule has 3 aliphatic rings. The normalized spacial score (nSPS) is 36.5. The van der Waals surface area contributed by atoms with Crippen molar-refractivity contribution < 1.29 is 0 Å². The van der Waals surface area contributed by atoms with Gasteiger partial charge in [0.05, 0.1) is 0 Å². The molecule has 3 rings (SSSR count). The molecule has 2 aliphatic heterocycles. The number of rotatable bonds is 4. The van der Waals surface area contributed by atoms with Crippen LogP contribution in [0.2, 0.25) is 0 Å². The number of hydrogen-bond donors (Lipinski definition) is 1. The second kappa shape index (κ2) is 5.25. The zero-order valence-electron chi connectivity index (χ0n) is 11.2. The Balaban J connectivity index is 1.57. The molecule has 2 unspecified atom stereocenters. The lowest BCUT2D eigenvalue weighted by molar-refractivity contribution is 0.0964. The lowest BCUT2D eigenvalue weighted by Gasteiger charge is -2.40. The van der Waals surface area contributed by atoms with Crippen LogP contribution in [0.1, 0.15) is 38.5 Å².